The number of hydrogen-bond donors (Lipinski definition) is 0. The summed E-state index contributed by atoms with van der Waals surface area (Å²) in [7, 11) is 0. The van der Waals surface area contributed by atoms with Crippen molar-refractivity contribution in [2.75, 3.05) is 13.2 Å². The van der Waals surface area contributed by atoms with E-state index in [1.165, 1.54) is 0 Å². The van der Waals surface area contributed by atoms with Crippen LogP contribution in [0.25, 0.3) is 0 Å². The molecular formula is C18H25F3O2. The lowest BCUT2D eigenvalue weighted by Gasteiger charge is -2.30. The zero-order valence-electron chi connectivity index (χ0n) is 13.7. The molecule has 1 aromatic carbocycles. The van der Waals surface area contributed by atoms with Crippen LogP contribution >= 0.6 is 0 Å². The average molecular weight is 330 g/mol. The lowest BCUT2D eigenvalue weighted by atomic mass is 9.95. The molecule has 130 valence electrons. The third-order valence-electron chi connectivity index (χ3n) is 4.37. The summed E-state index contributed by atoms with van der Waals surface area (Å²) in [5.41, 5.74) is 0.312. The van der Waals surface area contributed by atoms with Crippen LogP contribution in [0.2, 0.25) is 0 Å². The molecule has 0 saturated carbocycles. The van der Waals surface area contributed by atoms with Crippen molar-refractivity contribution < 1.29 is 22.6 Å². The number of rotatable bonds is 6. The van der Waals surface area contributed by atoms with Crippen molar-refractivity contribution in [3.63, 3.8) is 0 Å². The molecule has 1 fully saturated rings. The number of benzene rings is 1. The van der Waals surface area contributed by atoms with E-state index in [2.05, 4.69) is 6.92 Å². The van der Waals surface area contributed by atoms with Gasteiger partial charge in [0.15, 0.2) is 6.29 Å². The van der Waals surface area contributed by atoms with Gasteiger partial charge in [-0.25, -0.2) is 0 Å². The fraction of sp³-hybridized carbons (Fsp3) is 0.667. The van der Waals surface area contributed by atoms with E-state index in [4.69, 9.17) is 9.47 Å². The summed E-state index contributed by atoms with van der Waals surface area (Å²) in [4.78, 5) is 0. The lowest BCUT2D eigenvalue weighted by molar-refractivity contribution is -0.204. The predicted octanol–water partition coefficient (Wildman–Crippen LogP) is 5.38. The minimum atomic E-state index is -4.28. The Morgan fingerprint density at radius 1 is 1.09 bits per heavy atom. The number of hydrogen-bond acceptors (Lipinski definition) is 2. The Bertz CT molecular complexity index is 462. The molecule has 0 N–H and O–H groups in total. The topological polar surface area (TPSA) is 18.5 Å². The molecule has 0 radical (unpaired) electrons. The number of ether oxygens (including phenoxy) is 2. The summed E-state index contributed by atoms with van der Waals surface area (Å²) in [5.74, 6) is 0.668. The molecule has 5 heteroatoms. The van der Waals surface area contributed by atoms with Gasteiger partial charge in [-0.15, -0.1) is 0 Å². The molecule has 1 unspecified atom stereocenters. The van der Waals surface area contributed by atoms with Gasteiger partial charge in [-0.05, 0) is 42.9 Å². The van der Waals surface area contributed by atoms with Crippen molar-refractivity contribution in [2.45, 2.75) is 57.9 Å². The first-order valence-electron chi connectivity index (χ1n) is 8.30. The maximum Gasteiger partial charge on any atom is 0.416 e. The van der Waals surface area contributed by atoms with Crippen LogP contribution in [0.3, 0.4) is 0 Å². The van der Waals surface area contributed by atoms with Gasteiger partial charge in [-0.1, -0.05) is 32.4 Å². The Morgan fingerprint density at radius 2 is 1.70 bits per heavy atom. The van der Waals surface area contributed by atoms with Crippen molar-refractivity contribution >= 4 is 0 Å². The highest BCUT2D eigenvalue weighted by Crippen LogP contribution is 2.31. The molecular weight excluding hydrogens is 305 g/mol. The zero-order valence-corrected chi connectivity index (χ0v) is 13.7. The van der Waals surface area contributed by atoms with Gasteiger partial charge in [0.05, 0.1) is 18.8 Å². The van der Waals surface area contributed by atoms with Gasteiger partial charge < -0.3 is 9.47 Å². The zero-order chi connectivity index (χ0) is 16.9. The molecule has 1 aliphatic rings. The van der Waals surface area contributed by atoms with Gasteiger partial charge in [0.1, 0.15) is 0 Å². The minimum absolute atomic E-state index is 0.179. The van der Waals surface area contributed by atoms with E-state index < -0.39 is 11.7 Å². The third-order valence-corrected chi connectivity index (χ3v) is 4.37. The Labute approximate surface area is 136 Å². The van der Waals surface area contributed by atoms with E-state index >= 15 is 0 Å². The third kappa shape index (κ3) is 5.50. The van der Waals surface area contributed by atoms with E-state index in [0.29, 0.717) is 5.92 Å². The van der Waals surface area contributed by atoms with Crippen LogP contribution in [0.1, 0.15) is 56.6 Å². The highest BCUT2D eigenvalue weighted by atomic mass is 19.4. The molecule has 1 saturated heterocycles. The van der Waals surface area contributed by atoms with Crippen LogP contribution in [0.15, 0.2) is 24.3 Å². The summed E-state index contributed by atoms with van der Waals surface area (Å²) in [6.45, 7) is 5.66. The molecule has 2 nitrogen and oxygen atoms in total. The van der Waals surface area contributed by atoms with E-state index in [9.17, 15) is 13.2 Å². The quantitative estimate of drug-likeness (QED) is 0.697. The predicted molar refractivity (Wildman–Crippen MR) is 83.2 cm³/mol. The summed E-state index contributed by atoms with van der Waals surface area (Å²) >= 11 is 0. The Balaban J connectivity index is 1.78. The smallest absolute Gasteiger partial charge is 0.352 e. The number of halogens is 3. The van der Waals surface area contributed by atoms with Crippen LogP contribution in [-0.2, 0) is 15.7 Å². The van der Waals surface area contributed by atoms with Crippen LogP contribution in [0.4, 0.5) is 13.2 Å². The van der Waals surface area contributed by atoms with E-state index in [1.807, 2.05) is 6.92 Å². The molecule has 0 amide bonds. The summed E-state index contributed by atoms with van der Waals surface area (Å²) < 4.78 is 49.1. The second kappa shape index (κ2) is 8.15. The van der Waals surface area contributed by atoms with Gasteiger partial charge >= 0.3 is 6.18 Å². The van der Waals surface area contributed by atoms with Gasteiger partial charge in [-0.3, -0.25) is 0 Å². The van der Waals surface area contributed by atoms with Gasteiger partial charge in [-0.2, -0.15) is 13.2 Å². The SMILES string of the molecule is CCCC1COC(CCC(C)c2ccc(C(F)(F)F)cc2)OC1. The maximum atomic E-state index is 12.6. The van der Waals surface area contributed by atoms with Crippen molar-refractivity contribution in [2.24, 2.45) is 5.92 Å². The normalized spacial score (nSPS) is 23.7. The van der Waals surface area contributed by atoms with E-state index in [0.717, 1.165) is 56.6 Å². The Hall–Kier alpha value is -1.07. The molecule has 1 atom stereocenters. The van der Waals surface area contributed by atoms with Crippen molar-refractivity contribution in [1.82, 2.24) is 0 Å². The monoisotopic (exact) mass is 330 g/mol. The van der Waals surface area contributed by atoms with Crippen molar-refractivity contribution in [3.8, 4) is 0 Å². The van der Waals surface area contributed by atoms with Crippen LogP contribution < -0.4 is 0 Å². The molecule has 1 aliphatic heterocycles. The van der Waals surface area contributed by atoms with Gasteiger partial charge in [0.2, 0.25) is 0 Å². The van der Waals surface area contributed by atoms with Crippen molar-refractivity contribution in [1.29, 1.82) is 0 Å². The molecule has 0 aliphatic carbocycles. The standard InChI is InChI=1S/C18H25F3O2/c1-3-4-14-11-22-17(23-12-14)10-5-13(2)15-6-8-16(9-7-15)18(19,20)21/h6-9,13-14,17H,3-5,10-12H2,1-2H3. The van der Waals surface area contributed by atoms with Gasteiger partial charge in [0, 0.05) is 5.92 Å². The first-order chi connectivity index (χ1) is 10.9. The Morgan fingerprint density at radius 3 is 2.22 bits per heavy atom. The largest absolute Gasteiger partial charge is 0.416 e. The Kier molecular flexibility index (Phi) is 6.48. The van der Waals surface area contributed by atoms with E-state index in [1.54, 1.807) is 12.1 Å². The molecule has 23 heavy (non-hydrogen) atoms. The summed E-state index contributed by atoms with van der Waals surface area (Å²) in [5, 5.41) is 0. The summed E-state index contributed by atoms with van der Waals surface area (Å²) in [6.07, 6.45) is -0.613. The highest BCUT2D eigenvalue weighted by molar-refractivity contribution is 5.26. The van der Waals surface area contributed by atoms with Crippen molar-refractivity contribution in [3.05, 3.63) is 35.4 Å². The number of alkyl halides is 3. The molecule has 1 heterocycles. The molecule has 0 spiro atoms. The average Bonchev–Trinajstić information content (AvgIpc) is 2.53. The minimum Gasteiger partial charge on any atom is -0.352 e. The maximum absolute atomic E-state index is 12.6. The second-order valence-corrected chi connectivity index (χ2v) is 6.35. The highest BCUT2D eigenvalue weighted by Gasteiger charge is 2.30. The van der Waals surface area contributed by atoms with E-state index in [-0.39, 0.29) is 12.2 Å². The first-order valence-corrected chi connectivity index (χ1v) is 8.30. The fourth-order valence-corrected chi connectivity index (χ4v) is 2.88. The fourth-order valence-electron chi connectivity index (χ4n) is 2.88. The molecule has 0 aromatic heterocycles. The van der Waals surface area contributed by atoms with Crippen LogP contribution in [-0.4, -0.2) is 19.5 Å². The second-order valence-electron chi connectivity index (χ2n) is 6.35. The van der Waals surface area contributed by atoms with Gasteiger partial charge in [0.25, 0.3) is 0 Å². The first kappa shape index (κ1) is 18.3. The molecule has 0 bridgehead atoms. The lowest BCUT2D eigenvalue weighted by Crippen LogP contribution is -2.32. The molecule has 2 rings (SSSR count). The molecule has 1 aromatic rings. The summed E-state index contributed by atoms with van der Waals surface area (Å²) in [6, 6.07) is 5.42. The van der Waals surface area contributed by atoms with Crippen LogP contribution in [0, 0.1) is 5.92 Å². The van der Waals surface area contributed by atoms with Crippen LogP contribution in [0.5, 0.6) is 0 Å².